The molecule has 0 atom stereocenters. The first-order chi connectivity index (χ1) is 9.71. The number of fused-ring (bicyclic) bond motifs is 1. The lowest BCUT2D eigenvalue weighted by atomic mass is 10.1. The Kier molecular flexibility index (Phi) is 3.09. The molecule has 2 aromatic carbocycles. The smallest absolute Gasteiger partial charge is 0.227 e. The number of hydrogen-bond donors (Lipinski definition) is 0. The summed E-state index contributed by atoms with van der Waals surface area (Å²) in [6, 6.07) is 12.4. The molecule has 0 aliphatic carbocycles. The second kappa shape index (κ2) is 4.91. The number of carbonyl (C=O) groups is 1. The molecule has 1 aromatic heterocycles. The average Bonchev–Trinajstić information content (AvgIpc) is 2.92. The van der Waals surface area contributed by atoms with Gasteiger partial charge in [0.1, 0.15) is 11.8 Å². The van der Waals surface area contributed by atoms with Crippen molar-refractivity contribution in [3.8, 4) is 17.5 Å². The Morgan fingerprint density at radius 2 is 2.00 bits per heavy atom. The molecule has 5 heteroatoms. The Morgan fingerprint density at radius 1 is 1.25 bits per heavy atom. The van der Waals surface area contributed by atoms with Gasteiger partial charge >= 0.3 is 0 Å². The minimum absolute atomic E-state index is 0.452. The van der Waals surface area contributed by atoms with Gasteiger partial charge in [0, 0.05) is 11.1 Å². The fourth-order valence-corrected chi connectivity index (χ4v) is 2.41. The Labute approximate surface area is 122 Å². The van der Waals surface area contributed by atoms with E-state index in [0.29, 0.717) is 32.6 Å². The molecular weight excluding hydrogens is 320 g/mol. The van der Waals surface area contributed by atoms with Crippen LogP contribution < -0.4 is 0 Å². The Bertz CT molecular complexity index is 845. The number of aldehydes is 1. The fraction of sp³-hybridized carbons (Fsp3) is 0. The SMILES string of the molecule is N#Cc1cc(Br)c2oc(-c3ccc(C=O)cc3)nc2c1. The average molecular weight is 327 g/mol. The maximum absolute atomic E-state index is 10.6. The molecule has 4 nitrogen and oxygen atoms in total. The number of halogens is 1. The van der Waals surface area contributed by atoms with Gasteiger partial charge in [-0.25, -0.2) is 4.98 Å². The highest BCUT2D eigenvalue weighted by Crippen LogP contribution is 2.30. The summed E-state index contributed by atoms with van der Waals surface area (Å²) in [5.41, 5.74) is 3.10. The molecule has 3 rings (SSSR count). The predicted octanol–water partition coefficient (Wildman–Crippen LogP) is 3.94. The van der Waals surface area contributed by atoms with Gasteiger partial charge in [-0.2, -0.15) is 5.26 Å². The van der Waals surface area contributed by atoms with Gasteiger partial charge in [-0.3, -0.25) is 4.79 Å². The van der Waals surface area contributed by atoms with E-state index < -0.39 is 0 Å². The van der Waals surface area contributed by atoms with Gasteiger partial charge in [-0.1, -0.05) is 12.1 Å². The van der Waals surface area contributed by atoms with Gasteiger partial charge in [0.25, 0.3) is 0 Å². The lowest BCUT2D eigenvalue weighted by Crippen LogP contribution is -1.81. The minimum atomic E-state index is 0.452. The molecule has 0 aliphatic heterocycles. The zero-order valence-corrected chi connectivity index (χ0v) is 11.7. The first-order valence-corrected chi connectivity index (χ1v) is 6.56. The van der Waals surface area contributed by atoms with Gasteiger partial charge in [0.15, 0.2) is 5.58 Å². The van der Waals surface area contributed by atoms with Crippen LogP contribution in [-0.4, -0.2) is 11.3 Å². The zero-order valence-electron chi connectivity index (χ0n) is 10.1. The number of nitrogens with zero attached hydrogens (tertiary/aromatic N) is 2. The van der Waals surface area contributed by atoms with Crippen molar-refractivity contribution < 1.29 is 9.21 Å². The van der Waals surface area contributed by atoms with Crippen LogP contribution in [-0.2, 0) is 0 Å². The van der Waals surface area contributed by atoms with Crippen LogP contribution in [0.3, 0.4) is 0 Å². The van der Waals surface area contributed by atoms with Crippen molar-refractivity contribution in [1.29, 1.82) is 5.26 Å². The number of aromatic nitrogens is 1. The minimum Gasteiger partial charge on any atom is -0.435 e. The summed E-state index contributed by atoms with van der Waals surface area (Å²) in [5.74, 6) is 0.452. The topological polar surface area (TPSA) is 66.9 Å². The normalized spacial score (nSPS) is 10.4. The lowest BCUT2D eigenvalue weighted by Gasteiger charge is -1.95. The molecule has 0 spiro atoms. The molecule has 0 aliphatic rings. The van der Waals surface area contributed by atoms with E-state index in [1.807, 2.05) is 0 Å². The van der Waals surface area contributed by atoms with Gasteiger partial charge in [-0.15, -0.1) is 0 Å². The monoisotopic (exact) mass is 326 g/mol. The number of hydrogen-bond acceptors (Lipinski definition) is 4. The van der Waals surface area contributed by atoms with Gasteiger partial charge in [-0.05, 0) is 40.2 Å². The summed E-state index contributed by atoms with van der Waals surface area (Å²) < 4.78 is 6.39. The number of rotatable bonds is 2. The Balaban J connectivity index is 2.15. The second-order valence-corrected chi connectivity index (χ2v) is 5.03. The van der Waals surface area contributed by atoms with E-state index in [9.17, 15) is 4.79 Å². The lowest BCUT2D eigenvalue weighted by molar-refractivity contribution is 0.112. The third-order valence-corrected chi connectivity index (χ3v) is 3.46. The van der Waals surface area contributed by atoms with Crippen molar-refractivity contribution in [3.05, 3.63) is 52.0 Å². The molecular formula is C15H7BrN2O2. The summed E-state index contributed by atoms with van der Waals surface area (Å²) in [6.07, 6.45) is 0.783. The molecule has 0 bridgehead atoms. The molecule has 1 heterocycles. The van der Waals surface area contributed by atoms with Crippen molar-refractivity contribution in [2.24, 2.45) is 0 Å². The molecule has 0 N–H and O–H groups in total. The van der Waals surface area contributed by atoms with E-state index >= 15 is 0 Å². The van der Waals surface area contributed by atoms with Crippen LogP contribution in [0.25, 0.3) is 22.6 Å². The molecule has 0 saturated carbocycles. The molecule has 0 fully saturated rings. The Hall–Kier alpha value is -2.45. The third kappa shape index (κ3) is 2.10. The van der Waals surface area contributed by atoms with Gasteiger partial charge < -0.3 is 4.42 Å². The largest absolute Gasteiger partial charge is 0.435 e. The first kappa shape index (κ1) is 12.6. The van der Waals surface area contributed by atoms with Crippen LogP contribution in [0.2, 0.25) is 0 Å². The van der Waals surface area contributed by atoms with Crippen molar-refractivity contribution in [2.75, 3.05) is 0 Å². The van der Waals surface area contributed by atoms with E-state index in [2.05, 4.69) is 27.0 Å². The standard InChI is InChI=1S/C15H7BrN2O2/c16-12-5-10(7-17)6-13-14(12)20-15(18-13)11-3-1-9(8-19)2-4-11/h1-6,8H. The summed E-state index contributed by atoms with van der Waals surface area (Å²) in [7, 11) is 0. The van der Waals surface area contributed by atoms with E-state index in [-0.39, 0.29) is 0 Å². The summed E-state index contributed by atoms with van der Waals surface area (Å²) in [6.45, 7) is 0. The van der Waals surface area contributed by atoms with E-state index in [1.54, 1.807) is 36.4 Å². The van der Waals surface area contributed by atoms with E-state index in [4.69, 9.17) is 9.68 Å². The van der Waals surface area contributed by atoms with Crippen LogP contribution in [0.4, 0.5) is 0 Å². The van der Waals surface area contributed by atoms with Gasteiger partial charge in [0.05, 0.1) is 16.1 Å². The van der Waals surface area contributed by atoms with Crippen LogP contribution >= 0.6 is 15.9 Å². The van der Waals surface area contributed by atoms with Crippen LogP contribution in [0.1, 0.15) is 15.9 Å². The number of nitriles is 1. The fourth-order valence-electron chi connectivity index (χ4n) is 1.88. The maximum atomic E-state index is 10.6. The van der Waals surface area contributed by atoms with Crippen molar-refractivity contribution in [1.82, 2.24) is 4.98 Å². The van der Waals surface area contributed by atoms with Crippen molar-refractivity contribution >= 4 is 33.3 Å². The van der Waals surface area contributed by atoms with Crippen LogP contribution in [0, 0.1) is 11.3 Å². The summed E-state index contributed by atoms with van der Waals surface area (Å²) >= 11 is 3.37. The first-order valence-electron chi connectivity index (χ1n) is 5.77. The number of benzene rings is 2. The molecule has 0 saturated heterocycles. The number of oxazole rings is 1. The molecule has 0 radical (unpaired) electrons. The molecule has 0 amide bonds. The zero-order chi connectivity index (χ0) is 14.1. The summed E-state index contributed by atoms with van der Waals surface area (Å²) in [5, 5.41) is 8.94. The maximum Gasteiger partial charge on any atom is 0.227 e. The quantitative estimate of drug-likeness (QED) is 0.669. The third-order valence-electron chi connectivity index (χ3n) is 2.87. The second-order valence-electron chi connectivity index (χ2n) is 4.18. The highest BCUT2D eigenvalue weighted by atomic mass is 79.9. The Morgan fingerprint density at radius 3 is 2.65 bits per heavy atom. The predicted molar refractivity (Wildman–Crippen MR) is 77.2 cm³/mol. The molecule has 0 unspecified atom stereocenters. The molecule has 96 valence electrons. The molecule has 3 aromatic rings. The van der Waals surface area contributed by atoms with Crippen LogP contribution in [0.15, 0.2) is 45.3 Å². The van der Waals surface area contributed by atoms with Gasteiger partial charge in [0.2, 0.25) is 5.89 Å². The highest BCUT2D eigenvalue weighted by molar-refractivity contribution is 9.10. The summed E-state index contributed by atoms with van der Waals surface area (Å²) in [4.78, 5) is 15.0. The highest BCUT2D eigenvalue weighted by Gasteiger charge is 2.12. The van der Waals surface area contributed by atoms with E-state index in [1.165, 1.54) is 0 Å². The van der Waals surface area contributed by atoms with Crippen LogP contribution in [0.5, 0.6) is 0 Å². The number of carbonyl (C=O) groups excluding carboxylic acids is 1. The van der Waals surface area contributed by atoms with Crippen molar-refractivity contribution in [3.63, 3.8) is 0 Å². The molecule has 20 heavy (non-hydrogen) atoms. The van der Waals surface area contributed by atoms with Crippen molar-refractivity contribution in [2.45, 2.75) is 0 Å². The van der Waals surface area contributed by atoms with E-state index in [0.717, 1.165) is 11.8 Å².